The fourth-order valence-corrected chi connectivity index (χ4v) is 2.04. The second-order valence-corrected chi connectivity index (χ2v) is 4.32. The lowest BCUT2D eigenvalue weighted by molar-refractivity contribution is -0.131. The number of hydrogen-bond acceptors (Lipinski definition) is 5. The molecule has 2 rings (SSSR count). The van der Waals surface area contributed by atoms with Crippen molar-refractivity contribution < 1.29 is 14.4 Å². The Morgan fingerprint density at radius 3 is 3.00 bits per heavy atom. The molecule has 2 heterocycles. The van der Waals surface area contributed by atoms with Gasteiger partial charge in [-0.3, -0.25) is 9.59 Å². The minimum Gasteiger partial charge on any atom is -0.398 e. The van der Waals surface area contributed by atoms with E-state index in [1.165, 1.54) is 18.4 Å². The molecule has 1 unspecified atom stereocenters. The summed E-state index contributed by atoms with van der Waals surface area (Å²) in [6, 6.07) is 3.11. The quantitative estimate of drug-likeness (QED) is 0.440. The zero-order valence-electron chi connectivity index (χ0n) is 9.10. The number of hydrogen-bond donors (Lipinski definition) is 2. The van der Waals surface area contributed by atoms with Crippen molar-refractivity contribution >= 4 is 28.9 Å². The molecule has 1 atom stereocenters. The van der Waals surface area contributed by atoms with E-state index in [2.05, 4.69) is 20.6 Å². The maximum atomic E-state index is 11.9. The minimum absolute atomic E-state index is 0.179. The molecule has 0 bridgehead atoms. The number of rotatable bonds is 4. The van der Waals surface area contributed by atoms with Gasteiger partial charge in [-0.2, -0.15) is 0 Å². The summed E-state index contributed by atoms with van der Waals surface area (Å²) in [5.74, 6) is -0.588. The number of amides is 2. The standard InChI is InChI=1S/C10H11N3O3S/c1-16-13-8(7-3-2-4-17-7)10(15)12-6-5-11-9(6)14/h2-4,6H,5H2,1H3,(H,11,14)(H,12,15). The molecule has 1 saturated heterocycles. The molecule has 0 aliphatic carbocycles. The van der Waals surface area contributed by atoms with E-state index in [-0.39, 0.29) is 11.6 Å². The van der Waals surface area contributed by atoms with Gasteiger partial charge in [0.05, 0.1) is 4.88 Å². The predicted octanol–water partition coefficient (Wildman–Crippen LogP) is -0.287. The van der Waals surface area contributed by atoms with Crippen LogP contribution in [0.3, 0.4) is 0 Å². The molecule has 90 valence electrons. The Kier molecular flexibility index (Phi) is 3.38. The highest BCUT2D eigenvalue weighted by atomic mass is 32.1. The number of oxime groups is 1. The molecule has 17 heavy (non-hydrogen) atoms. The SMILES string of the molecule is CON=C(C(=O)NC1CNC1=O)c1cccs1. The Labute approximate surface area is 102 Å². The number of carbonyl (C=O) groups excluding carboxylic acids is 2. The molecule has 1 aliphatic rings. The van der Waals surface area contributed by atoms with Gasteiger partial charge in [0.2, 0.25) is 5.91 Å². The third kappa shape index (κ3) is 2.44. The number of nitrogens with one attached hydrogen (secondary N) is 2. The third-order valence-electron chi connectivity index (χ3n) is 2.25. The molecule has 0 spiro atoms. The van der Waals surface area contributed by atoms with Crippen molar-refractivity contribution in [3.63, 3.8) is 0 Å². The summed E-state index contributed by atoms with van der Waals surface area (Å²) < 4.78 is 0. The van der Waals surface area contributed by atoms with Crippen LogP contribution >= 0.6 is 11.3 Å². The van der Waals surface area contributed by atoms with Gasteiger partial charge in [0.25, 0.3) is 5.91 Å². The van der Waals surface area contributed by atoms with Crippen LogP contribution in [-0.2, 0) is 14.4 Å². The minimum atomic E-state index is -0.468. The van der Waals surface area contributed by atoms with Crippen LogP contribution in [0.25, 0.3) is 0 Å². The second-order valence-electron chi connectivity index (χ2n) is 3.37. The van der Waals surface area contributed by atoms with Crippen molar-refractivity contribution in [3.8, 4) is 0 Å². The fraction of sp³-hybridized carbons (Fsp3) is 0.300. The van der Waals surface area contributed by atoms with Gasteiger partial charge in [-0.1, -0.05) is 11.2 Å². The van der Waals surface area contributed by atoms with E-state index in [0.29, 0.717) is 11.4 Å². The summed E-state index contributed by atoms with van der Waals surface area (Å²) in [5, 5.41) is 10.7. The smallest absolute Gasteiger partial charge is 0.275 e. The maximum absolute atomic E-state index is 11.9. The first-order chi connectivity index (χ1) is 8.22. The van der Waals surface area contributed by atoms with Gasteiger partial charge in [0.15, 0.2) is 5.71 Å². The molecule has 2 N–H and O–H groups in total. The van der Waals surface area contributed by atoms with Crippen molar-refractivity contribution in [1.82, 2.24) is 10.6 Å². The average Bonchev–Trinajstić information content (AvgIpc) is 2.84. The number of thiophene rings is 1. The molecular weight excluding hydrogens is 242 g/mol. The highest BCUT2D eigenvalue weighted by Gasteiger charge is 2.30. The van der Waals surface area contributed by atoms with Gasteiger partial charge in [-0.15, -0.1) is 11.3 Å². The van der Waals surface area contributed by atoms with Crippen LogP contribution in [0.2, 0.25) is 0 Å². The van der Waals surface area contributed by atoms with E-state index in [1.54, 1.807) is 6.07 Å². The fourth-order valence-electron chi connectivity index (χ4n) is 1.33. The van der Waals surface area contributed by atoms with E-state index >= 15 is 0 Å². The second kappa shape index (κ2) is 4.96. The molecule has 0 radical (unpaired) electrons. The number of nitrogens with zero attached hydrogens (tertiary/aromatic N) is 1. The Hall–Kier alpha value is -1.89. The van der Waals surface area contributed by atoms with Crippen molar-refractivity contribution in [3.05, 3.63) is 22.4 Å². The normalized spacial score (nSPS) is 19.2. The number of carbonyl (C=O) groups is 2. The average molecular weight is 253 g/mol. The molecule has 1 aromatic rings. The summed E-state index contributed by atoms with van der Waals surface area (Å²) >= 11 is 1.38. The largest absolute Gasteiger partial charge is 0.398 e. The summed E-state index contributed by atoms with van der Waals surface area (Å²) in [4.78, 5) is 28.3. The van der Waals surface area contributed by atoms with Crippen LogP contribution in [0.5, 0.6) is 0 Å². The van der Waals surface area contributed by atoms with Gasteiger partial charge in [-0.05, 0) is 11.4 Å². The van der Waals surface area contributed by atoms with Gasteiger partial charge in [0, 0.05) is 6.54 Å². The molecule has 7 heteroatoms. The van der Waals surface area contributed by atoms with Crippen molar-refractivity contribution in [1.29, 1.82) is 0 Å². The Morgan fingerprint density at radius 1 is 1.71 bits per heavy atom. The molecule has 0 saturated carbocycles. The topological polar surface area (TPSA) is 79.8 Å². The van der Waals surface area contributed by atoms with E-state index < -0.39 is 11.9 Å². The lowest BCUT2D eigenvalue weighted by Crippen LogP contribution is -2.62. The molecule has 1 fully saturated rings. The molecule has 6 nitrogen and oxygen atoms in total. The van der Waals surface area contributed by atoms with Gasteiger partial charge >= 0.3 is 0 Å². The zero-order chi connectivity index (χ0) is 12.3. The van der Waals surface area contributed by atoms with Gasteiger partial charge in [0.1, 0.15) is 13.2 Å². The highest BCUT2D eigenvalue weighted by molar-refractivity contribution is 7.13. The summed E-state index contributed by atoms with van der Waals surface area (Å²) in [6.07, 6.45) is 0. The summed E-state index contributed by atoms with van der Waals surface area (Å²) in [7, 11) is 1.37. The summed E-state index contributed by atoms with van der Waals surface area (Å²) in [6.45, 7) is 0.454. The van der Waals surface area contributed by atoms with Crippen LogP contribution in [0, 0.1) is 0 Å². The highest BCUT2D eigenvalue weighted by Crippen LogP contribution is 2.11. The van der Waals surface area contributed by atoms with Crippen LogP contribution in [0.15, 0.2) is 22.7 Å². The Balaban J connectivity index is 2.09. The molecular formula is C10H11N3O3S. The Morgan fingerprint density at radius 2 is 2.53 bits per heavy atom. The lowest BCUT2D eigenvalue weighted by atomic mass is 10.1. The third-order valence-corrected chi connectivity index (χ3v) is 3.13. The van der Waals surface area contributed by atoms with Crippen LogP contribution in [0.1, 0.15) is 4.88 Å². The van der Waals surface area contributed by atoms with Gasteiger partial charge in [-0.25, -0.2) is 0 Å². The first kappa shape index (κ1) is 11.6. The Bertz CT molecular complexity index is 455. The molecule has 1 aromatic heterocycles. The van der Waals surface area contributed by atoms with Crippen molar-refractivity contribution in [2.45, 2.75) is 6.04 Å². The lowest BCUT2D eigenvalue weighted by Gasteiger charge is -2.26. The first-order valence-corrected chi connectivity index (χ1v) is 5.84. The number of β-lactam (4-membered cyclic amide) rings is 1. The van der Waals surface area contributed by atoms with Gasteiger partial charge < -0.3 is 15.5 Å². The molecule has 2 amide bonds. The first-order valence-electron chi connectivity index (χ1n) is 4.96. The van der Waals surface area contributed by atoms with Crippen molar-refractivity contribution in [2.24, 2.45) is 5.16 Å². The van der Waals surface area contributed by atoms with E-state index in [0.717, 1.165) is 0 Å². The van der Waals surface area contributed by atoms with E-state index in [9.17, 15) is 9.59 Å². The molecule has 1 aliphatic heterocycles. The van der Waals surface area contributed by atoms with E-state index in [4.69, 9.17) is 0 Å². The van der Waals surface area contributed by atoms with Crippen LogP contribution < -0.4 is 10.6 Å². The van der Waals surface area contributed by atoms with E-state index in [1.807, 2.05) is 11.4 Å². The van der Waals surface area contributed by atoms with Crippen LogP contribution in [0.4, 0.5) is 0 Å². The molecule has 0 aromatic carbocycles. The summed E-state index contributed by atoms with van der Waals surface area (Å²) in [5.41, 5.74) is 0.183. The van der Waals surface area contributed by atoms with Crippen LogP contribution in [-0.4, -0.2) is 37.2 Å². The van der Waals surface area contributed by atoms with Crippen molar-refractivity contribution in [2.75, 3.05) is 13.7 Å². The monoisotopic (exact) mass is 253 g/mol. The maximum Gasteiger partial charge on any atom is 0.275 e. The predicted molar refractivity (Wildman–Crippen MR) is 62.8 cm³/mol. The zero-order valence-corrected chi connectivity index (χ0v) is 9.91.